The van der Waals surface area contributed by atoms with Gasteiger partial charge in [0.25, 0.3) is 0 Å². The van der Waals surface area contributed by atoms with Crippen molar-refractivity contribution in [1.82, 2.24) is 0 Å². The van der Waals surface area contributed by atoms with Gasteiger partial charge in [-0.05, 0) is 19.4 Å². The van der Waals surface area contributed by atoms with Gasteiger partial charge in [0.1, 0.15) is 5.71 Å². The van der Waals surface area contributed by atoms with Crippen molar-refractivity contribution >= 4 is 5.71 Å². The molecule has 0 fully saturated rings. The van der Waals surface area contributed by atoms with Crippen LogP contribution in [0.5, 0.6) is 0 Å². The lowest BCUT2D eigenvalue weighted by molar-refractivity contribution is -0.0578. The number of hydrogen-bond acceptors (Lipinski definition) is 1. The Kier molecular flexibility index (Phi) is 5.42. The minimum absolute atomic E-state index is 0.246. The molecular formula is C9H14F3N. The van der Waals surface area contributed by atoms with Gasteiger partial charge in [0.05, 0.1) is 0 Å². The Morgan fingerprint density at radius 1 is 1.38 bits per heavy atom. The molecule has 0 unspecified atom stereocenters. The van der Waals surface area contributed by atoms with E-state index in [-0.39, 0.29) is 6.54 Å². The number of nitrogens with zero attached hydrogens (tertiary/aromatic N) is 1. The summed E-state index contributed by atoms with van der Waals surface area (Å²) in [6.07, 6.45) is -0.435. The third-order valence-corrected chi connectivity index (χ3v) is 1.41. The summed E-state index contributed by atoms with van der Waals surface area (Å²) in [6.45, 7) is 3.70. The lowest BCUT2D eigenvalue weighted by Crippen LogP contribution is -2.21. The van der Waals surface area contributed by atoms with Gasteiger partial charge in [-0.3, -0.25) is 4.99 Å². The molecule has 0 radical (unpaired) electrons. The average Bonchev–Trinajstić information content (AvgIpc) is 2.01. The molecule has 0 saturated heterocycles. The first kappa shape index (κ1) is 12.2. The highest BCUT2D eigenvalue weighted by molar-refractivity contribution is 5.99. The minimum Gasteiger partial charge on any atom is -0.281 e. The second kappa shape index (κ2) is 5.78. The number of alkyl halides is 3. The van der Waals surface area contributed by atoms with E-state index < -0.39 is 11.9 Å². The zero-order valence-corrected chi connectivity index (χ0v) is 7.86. The van der Waals surface area contributed by atoms with Gasteiger partial charge in [-0.15, -0.1) is 0 Å². The molecule has 0 bridgehead atoms. The number of allylic oxidation sites excluding steroid dienone is 2. The first-order valence-corrected chi connectivity index (χ1v) is 4.26. The predicted molar refractivity (Wildman–Crippen MR) is 48.1 cm³/mol. The maximum absolute atomic E-state index is 12.2. The number of hydrogen-bond donors (Lipinski definition) is 0. The van der Waals surface area contributed by atoms with Crippen LogP contribution >= 0.6 is 0 Å². The van der Waals surface area contributed by atoms with Crippen LogP contribution in [0.15, 0.2) is 17.1 Å². The van der Waals surface area contributed by atoms with Gasteiger partial charge < -0.3 is 0 Å². The molecule has 0 aliphatic rings. The zero-order valence-electron chi connectivity index (χ0n) is 7.86. The molecule has 0 aromatic heterocycles. The van der Waals surface area contributed by atoms with Crippen LogP contribution < -0.4 is 0 Å². The third kappa shape index (κ3) is 5.44. The highest BCUT2D eigenvalue weighted by Crippen LogP contribution is 2.18. The van der Waals surface area contributed by atoms with Gasteiger partial charge in [-0.1, -0.05) is 19.4 Å². The zero-order chi connectivity index (χ0) is 10.3. The Bertz CT molecular complexity index is 192. The Labute approximate surface area is 76.4 Å². The van der Waals surface area contributed by atoms with Crippen LogP contribution in [0.3, 0.4) is 0 Å². The van der Waals surface area contributed by atoms with Gasteiger partial charge in [-0.25, -0.2) is 0 Å². The average molecular weight is 193 g/mol. The first-order chi connectivity index (χ1) is 6.02. The molecule has 0 saturated carbocycles. The van der Waals surface area contributed by atoms with Crippen LogP contribution in [0.25, 0.3) is 0 Å². The molecule has 0 N–H and O–H groups in total. The number of halogens is 3. The van der Waals surface area contributed by atoms with Gasteiger partial charge in [-0.2, -0.15) is 13.2 Å². The van der Waals surface area contributed by atoms with Crippen molar-refractivity contribution in [3.05, 3.63) is 12.2 Å². The van der Waals surface area contributed by atoms with Crippen LogP contribution in [0.4, 0.5) is 13.2 Å². The van der Waals surface area contributed by atoms with E-state index in [1.807, 2.05) is 6.92 Å². The summed E-state index contributed by atoms with van der Waals surface area (Å²) in [6, 6.07) is 0. The van der Waals surface area contributed by atoms with E-state index in [1.54, 1.807) is 6.92 Å². The van der Waals surface area contributed by atoms with Crippen molar-refractivity contribution in [2.45, 2.75) is 32.9 Å². The Balaban J connectivity index is 4.33. The smallest absolute Gasteiger partial charge is 0.281 e. The Morgan fingerprint density at radius 3 is 2.38 bits per heavy atom. The van der Waals surface area contributed by atoms with Crippen molar-refractivity contribution in [2.24, 2.45) is 4.99 Å². The normalized spacial score (nSPS) is 14.1. The maximum Gasteiger partial charge on any atom is 0.432 e. The maximum atomic E-state index is 12.2. The third-order valence-electron chi connectivity index (χ3n) is 1.41. The van der Waals surface area contributed by atoms with E-state index in [4.69, 9.17) is 0 Å². The van der Waals surface area contributed by atoms with Crippen molar-refractivity contribution in [2.75, 3.05) is 6.54 Å². The number of rotatable bonds is 4. The summed E-state index contributed by atoms with van der Waals surface area (Å²) in [5.41, 5.74) is -0.788. The largest absolute Gasteiger partial charge is 0.432 e. The van der Waals surface area contributed by atoms with E-state index in [1.165, 1.54) is 6.08 Å². The van der Waals surface area contributed by atoms with Gasteiger partial charge in [0.2, 0.25) is 0 Å². The predicted octanol–water partition coefficient (Wildman–Crippen LogP) is 3.37. The summed E-state index contributed by atoms with van der Waals surface area (Å²) < 4.78 is 36.5. The van der Waals surface area contributed by atoms with Crippen molar-refractivity contribution in [1.29, 1.82) is 0 Å². The molecule has 4 heteroatoms. The Hall–Kier alpha value is -0.800. The fourth-order valence-electron chi connectivity index (χ4n) is 0.752. The van der Waals surface area contributed by atoms with E-state index >= 15 is 0 Å². The molecule has 0 aliphatic carbocycles. The summed E-state index contributed by atoms with van der Waals surface area (Å²) in [4.78, 5) is 3.48. The fraction of sp³-hybridized carbons (Fsp3) is 0.667. The van der Waals surface area contributed by atoms with E-state index in [2.05, 4.69) is 4.99 Å². The lowest BCUT2D eigenvalue weighted by atomic mass is 10.3. The standard InChI is InChI=1S/C9H14F3N/c1-3-5-7-13-8(6-4-2)9(10,11)12/h4,6H,3,5,7H2,1-2H3/b6-4-,13-8?. The fourth-order valence-corrected chi connectivity index (χ4v) is 0.752. The van der Waals surface area contributed by atoms with E-state index in [9.17, 15) is 13.2 Å². The molecule has 13 heavy (non-hydrogen) atoms. The minimum atomic E-state index is -4.32. The van der Waals surface area contributed by atoms with Crippen molar-refractivity contribution in [3.63, 3.8) is 0 Å². The van der Waals surface area contributed by atoms with Gasteiger partial charge in [0, 0.05) is 6.54 Å². The summed E-state index contributed by atoms with van der Waals surface area (Å²) in [7, 11) is 0. The van der Waals surface area contributed by atoms with Gasteiger partial charge >= 0.3 is 6.18 Å². The molecule has 76 valence electrons. The monoisotopic (exact) mass is 193 g/mol. The summed E-state index contributed by atoms with van der Waals surface area (Å²) >= 11 is 0. The number of aliphatic imine (C=N–C) groups is 1. The highest BCUT2D eigenvalue weighted by Gasteiger charge is 2.33. The SMILES string of the molecule is C/C=C\C(=NCCCC)C(F)(F)F. The molecule has 1 nitrogen and oxygen atoms in total. The molecule has 0 atom stereocenters. The molecule has 0 spiro atoms. The molecular weight excluding hydrogens is 179 g/mol. The van der Waals surface area contributed by atoms with Crippen LogP contribution in [0, 0.1) is 0 Å². The quantitative estimate of drug-likeness (QED) is 0.479. The highest BCUT2D eigenvalue weighted by atomic mass is 19.4. The number of unbranched alkanes of at least 4 members (excludes halogenated alkanes) is 1. The lowest BCUT2D eigenvalue weighted by Gasteiger charge is -2.05. The topological polar surface area (TPSA) is 12.4 Å². The molecule has 0 aliphatic heterocycles. The van der Waals surface area contributed by atoms with Crippen LogP contribution in [0.1, 0.15) is 26.7 Å². The second-order valence-corrected chi connectivity index (χ2v) is 2.62. The van der Waals surface area contributed by atoms with Crippen LogP contribution in [0.2, 0.25) is 0 Å². The van der Waals surface area contributed by atoms with Crippen molar-refractivity contribution < 1.29 is 13.2 Å². The van der Waals surface area contributed by atoms with E-state index in [0.717, 1.165) is 12.5 Å². The Morgan fingerprint density at radius 2 is 2.00 bits per heavy atom. The molecule has 0 aromatic carbocycles. The van der Waals surface area contributed by atoms with Crippen LogP contribution in [-0.2, 0) is 0 Å². The second-order valence-electron chi connectivity index (χ2n) is 2.62. The van der Waals surface area contributed by atoms with E-state index in [0.29, 0.717) is 6.42 Å². The molecule has 0 heterocycles. The van der Waals surface area contributed by atoms with Gasteiger partial charge in [0.15, 0.2) is 0 Å². The summed E-state index contributed by atoms with van der Waals surface area (Å²) in [5, 5.41) is 0. The molecule has 0 amide bonds. The first-order valence-electron chi connectivity index (χ1n) is 4.26. The summed E-state index contributed by atoms with van der Waals surface area (Å²) in [5.74, 6) is 0. The molecule has 0 rings (SSSR count). The van der Waals surface area contributed by atoms with Crippen molar-refractivity contribution in [3.8, 4) is 0 Å². The molecule has 0 aromatic rings. The van der Waals surface area contributed by atoms with Crippen LogP contribution in [-0.4, -0.2) is 18.4 Å².